The molecular weight excluding hydrogens is 164 g/mol. The van der Waals surface area contributed by atoms with E-state index in [0.717, 1.165) is 19.3 Å². The smallest absolute Gasteiger partial charge is 0.315 e. The standard InChI is InChI=1S/C10H20N2O/c1-4-9(7(2)3)12-10(13)11-8-5-6-8/h7-9H,4-6H2,1-3H3,(H2,11,12,13). The summed E-state index contributed by atoms with van der Waals surface area (Å²) in [6, 6.07) is 0.756. The Balaban J connectivity index is 2.22. The number of nitrogens with one attached hydrogen (secondary N) is 2. The lowest BCUT2D eigenvalue weighted by molar-refractivity contribution is 0.232. The van der Waals surface area contributed by atoms with Crippen molar-refractivity contribution in [2.75, 3.05) is 0 Å². The molecular formula is C10H20N2O. The Labute approximate surface area is 80.3 Å². The van der Waals surface area contributed by atoms with Gasteiger partial charge in [0.15, 0.2) is 0 Å². The third-order valence-electron chi connectivity index (χ3n) is 2.47. The summed E-state index contributed by atoms with van der Waals surface area (Å²) < 4.78 is 0. The van der Waals surface area contributed by atoms with E-state index in [9.17, 15) is 4.79 Å². The van der Waals surface area contributed by atoms with Gasteiger partial charge in [-0.3, -0.25) is 0 Å². The van der Waals surface area contributed by atoms with Crippen molar-refractivity contribution < 1.29 is 4.79 Å². The maximum atomic E-state index is 11.3. The summed E-state index contributed by atoms with van der Waals surface area (Å²) in [5.41, 5.74) is 0. The molecule has 1 aliphatic rings. The summed E-state index contributed by atoms with van der Waals surface area (Å²) in [6.45, 7) is 6.36. The van der Waals surface area contributed by atoms with Crippen molar-refractivity contribution in [3.63, 3.8) is 0 Å². The number of hydrogen-bond acceptors (Lipinski definition) is 1. The van der Waals surface area contributed by atoms with Crippen molar-refractivity contribution in [1.29, 1.82) is 0 Å². The van der Waals surface area contributed by atoms with E-state index < -0.39 is 0 Å². The zero-order valence-corrected chi connectivity index (χ0v) is 8.76. The maximum absolute atomic E-state index is 11.3. The van der Waals surface area contributed by atoms with E-state index >= 15 is 0 Å². The lowest BCUT2D eigenvalue weighted by Gasteiger charge is -2.20. The number of urea groups is 1. The summed E-state index contributed by atoms with van der Waals surface area (Å²) in [5, 5.41) is 5.91. The van der Waals surface area contributed by atoms with Gasteiger partial charge in [0.05, 0.1) is 0 Å². The molecule has 2 amide bonds. The first kappa shape index (κ1) is 10.4. The molecule has 1 fully saturated rings. The molecule has 0 aliphatic heterocycles. The Morgan fingerprint density at radius 1 is 1.46 bits per heavy atom. The second-order valence-corrected chi connectivity index (χ2v) is 4.15. The number of carbonyl (C=O) groups excluding carboxylic acids is 1. The predicted octanol–water partition coefficient (Wildman–Crippen LogP) is 1.88. The van der Waals surface area contributed by atoms with Crippen molar-refractivity contribution in [3.05, 3.63) is 0 Å². The average Bonchev–Trinajstić information content (AvgIpc) is 2.83. The van der Waals surface area contributed by atoms with Crippen LogP contribution in [0.2, 0.25) is 0 Å². The summed E-state index contributed by atoms with van der Waals surface area (Å²) in [5.74, 6) is 0.509. The molecule has 0 bridgehead atoms. The van der Waals surface area contributed by atoms with E-state index in [1.807, 2.05) is 0 Å². The van der Waals surface area contributed by atoms with Gasteiger partial charge >= 0.3 is 6.03 Å². The first-order valence-corrected chi connectivity index (χ1v) is 5.20. The zero-order chi connectivity index (χ0) is 9.84. The molecule has 1 aliphatic carbocycles. The molecule has 1 rings (SSSR count). The molecule has 3 nitrogen and oxygen atoms in total. The van der Waals surface area contributed by atoms with Crippen LogP contribution in [0, 0.1) is 5.92 Å². The van der Waals surface area contributed by atoms with Gasteiger partial charge in [-0.25, -0.2) is 4.79 Å². The van der Waals surface area contributed by atoms with Crippen LogP contribution in [0.3, 0.4) is 0 Å². The van der Waals surface area contributed by atoms with E-state index in [2.05, 4.69) is 31.4 Å². The Hall–Kier alpha value is -0.730. The van der Waals surface area contributed by atoms with E-state index in [0.29, 0.717) is 18.0 Å². The predicted molar refractivity (Wildman–Crippen MR) is 53.6 cm³/mol. The molecule has 1 unspecified atom stereocenters. The number of hydrogen-bond donors (Lipinski definition) is 2. The zero-order valence-electron chi connectivity index (χ0n) is 8.76. The number of rotatable bonds is 4. The van der Waals surface area contributed by atoms with E-state index in [1.165, 1.54) is 0 Å². The molecule has 0 spiro atoms. The third kappa shape index (κ3) is 3.66. The SMILES string of the molecule is CCC(NC(=O)NC1CC1)C(C)C. The first-order chi connectivity index (χ1) is 6.13. The lowest BCUT2D eigenvalue weighted by Crippen LogP contribution is -2.44. The number of carbonyl (C=O) groups is 1. The molecule has 0 heterocycles. The maximum Gasteiger partial charge on any atom is 0.315 e. The van der Waals surface area contributed by atoms with Crippen molar-refractivity contribution in [1.82, 2.24) is 10.6 Å². The fourth-order valence-corrected chi connectivity index (χ4v) is 1.36. The minimum absolute atomic E-state index is 0.00282. The van der Waals surface area contributed by atoms with Gasteiger partial charge in [-0.15, -0.1) is 0 Å². The van der Waals surface area contributed by atoms with Crippen LogP contribution in [0.15, 0.2) is 0 Å². The summed E-state index contributed by atoms with van der Waals surface area (Å²) in [4.78, 5) is 11.3. The quantitative estimate of drug-likeness (QED) is 0.688. The molecule has 13 heavy (non-hydrogen) atoms. The second-order valence-electron chi connectivity index (χ2n) is 4.15. The van der Waals surface area contributed by atoms with E-state index in [-0.39, 0.29) is 6.03 Å². The fourth-order valence-electron chi connectivity index (χ4n) is 1.36. The molecule has 0 radical (unpaired) electrons. The highest BCUT2D eigenvalue weighted by atomic mass is 16.2. The van der Waals surface area contributed by atoms with Crippen LogP contribution in [0.4, 0.5) is 4.79 Å². The summed E-state index contributed by atoms with van der Waals surface area (Å²) in [7, 11) is 0. The van der Waals surface area contributed by atoms with Crippen LogP contribution >= 0.6 is 0 Å². The average molecular weight is 184 g/mol. The molecule has 0 aromatic rings. The fraction of sp³-hybridized carbons (Fsp3) is 0.900. The first-order valence-electron chi connectivity index (χ1n) is 5.20. The van der Waals surface area contributed by atoms with Crippen LogP contribution in [0.25, 0.3) is 0 Å². The molecule has 0 aromatic carbocycles. The second kappa shape index (κ2) is 4.49. The van der Waals surface area contributed by atoms with Crippen LogP contribution in [0.1, 0.15) is 40.0 Å². The third-order valence-corrected chi connectivity index (χ3v) is 2.47. The molecule has 1 saturated carbocycles. The normalized spacial score (nSPS) is 18.5. The van der Waals surface area contributed by atoms with E-state index in [4.69, 9.17) is 0 Å². The minimum atomic E-state index is 0.00282. The summed E-state index contributed by atoms with van der Waals surface area (Å²) >= 11 is 0. The molecule has 76 valence electrons. The van der Waals surface area contributed by atoms with Crippen LogP contribution in [-0.4, -0.2) is 18.1 Å². The van der Waals surface area contributed by atoms with Gasteiger partial charge in [0.1, 0.15) is 0 Å². The molecule has 3 heteroatoms. The minimum Gasteiger partial charge on any atom is -0.335 e. The van der Waals surface area contributed by atoms with Gasteiger partial charge in [-0.2, -0.15) is 0 Å². The van der Waals surface area contributed by atoms with Gasteiger partial charge in [0.2, 0.25) is 0 Å². The highest BCUT2D eigenvalue weighted by Crippen LogP contribution is 2.18. The highest BCUT2D eigenvalue weighted by molar-refractivity contribution is 5.74. The van der Waals surface area contributed by atoms with Crippen LogP contribution in [-0.2, 0) is 0 Å². The van der Waals surface area contributed by atoms with Gasteiger partial charge in [0.25, 0.3) is 0 Å². The Kier molecular flexibility index (Phi) is 3.58. The van der Waals surface area contributed by atoms with Crippen LogP contribution in [0.5, 0.6) is 0 Å². The number of amides is 2. The monoisotopic (exact) mass is 184 g/mol. The molecule has 1 atom stereocenters. The largest absolute Gasteiger partial charge is 0.335 e. The van der Waals surface area contributed by atoms with Gasteiger partial charge in [-0.1, -0.05) is 20.8 Å². The lowest BCUT2D eigenvalue weighted by atomic mass is 10.0. The van der Waals surface area contributed by atoms with Crippen molar-refractivity contribution in [3.8, 4) is 0 Å². The van der Waals surface area contributed by atoms with Crippen LogP contribution < -0.4 is 10.6 Å². The Bertz CT molecular complexity index is 176. The highest BCUT2D eigenvalue weighted by Gasteiger charge is 2.24. The van der Waals surface area contributed by atoms with Gasteiger partial charge in [0, 0.05) is 12.1 Å². The van der Waals surface area contributed by atoms with Gasteiger partial charge in [-0.05, 0) is 25.2 Å². The van der Waals surface area contributed by atoms with E-state index in [1.54, 1.807) is 0 Å². The topological polar surface area (TPSA) is 41.1 Å². The Morgan fingerprint density at radius 2 is 2.08 bits per heavy atom. The molecule has 2 N–H and O–H groups in total. The molecule has 0 saturated heterocycles. The van der Waals surface area contributed by atoms with Crippen molar-refractivity contribution in [2.45, 2.75) is 52.1 Å². The summed E-state index contributed by atoms with van der Waals surface area (Å²) in [6.07, 6.45) is 3.29. The Morgan fingerprint density at radius 3 is 2.46 bits per heavy atom. The van der Waals surface area contributed by atoms with Crippen molar-refractivity contribution >= 4 is 6.03 Å². The van der Waals surface area contributed by atoms with Crippen molar-refractivity contribution in [2.24, 2.45) is 5.92 Å². The van der Waals surface area contributed by atoms with Gasteiger partial charge < -0.3 is 10.6 Å². The molecule has 0 aromatic heterocycles.